The Kier molecular flexibility index (Phi) is 5.17. The van der Waals surface area contributed by atoms with Gasteiger partial charge in [0.1, 0.15) is 11.3 Å². The Morgan fingerprint density at radius 1 is 1.19 bits per heavy atom. The topological polar surface area (TPSA) is 97.4 Å². The van der Waals surface area contributed by atoms with Gasteiger partial charge in [-0.15, -0.1) is 0 Å². The third-order valence-corrected chi connectivity index (χ3v) is 4.03. The van der Waals surface area contributed by atoms with Gasteiger partial charge in [-0.05, 0) is 24.6 Å². The van der Waals surface area contributed by atoms with Gasteiger partial charge in [0.25, 0.3) is 5.69 Å². The Bertz CT molecular complexity index is 949. The molecule has 26 heavy (non-hydrogen) atoms. The molecule has 0 aliphatic carbocycles. The molecule has 1 amide bonds. The second kappa shape index (κ2) is 7.69. The van der Waals surface area contributed by atoms with Gasteiger partial charge in [0.2, 0.25) is 5.91 Å². The van der Waals surface area contributed by atoms with Gasteiger partial charge in [0.15, 0.2) is 0 Å². The third kappa shape index (κ3) is 4.00. The Labute approximate surface area is 150 Å². The van der Waals surface area contributed by atoms with Crippen LogP contribution >= 0.6 is 0 Å². The quantitative estimate of drug-likeness (QED) is 0.385. The molecule has 7 nitrogen and oxygen atoms in total. The van der Waals surface area contributed by atoms with E-state index < -0.39 is 4.92 Å². The molecule has 0 spiro atoms. The van der Waals surface area contributed by atoms with Gasteiger partial charge in [-0.2, -0.15) is 0 Å². The van der Waals surface area contributed by atoms with Crippen LogP contribution in [-0.2, 0) is 11.2 Å². The average Bonchev–Trinajstić information content (AvgIpc) is 3.00. The monoisotopic (exact) mass is 353 g/mol. The van der Waals surface area contributed by atoms with Crippen molar-refractivity contribution >= 4 is 28.3 Å². The summed E-state index contributed by atoms with van der Waals surface area (Å²) < 4.78 is 5.49. The van der Waals surface area contributed by atoms with E-state index in [-0.39, 0.29) is 18.0 Å². The van der Waals surface area contributed by atoms with Gasteiger partial charge in [0.05, 0.1) is 17.6 Å². The van der Waals surface area contributed by atoms with Crippen LogP contribution in [0.25, 0.3) is 11.0 Å². The molecule has 2 aromatic carbocycles. The highest BCUT2D eigenvalue weighted by Crippen LogP contribution is 2.23. The lowest BCUT2D eigenvalue weighted by atomic mass is 10.1. The smallest absolute Gasteiger partial charge is 0.292 e. The van der Waals surface area contributed by atoms with Crippen LogP contribution in [0.5, 0.6) is 0 Å². The van der Waals surface area contributed by atoms with Gasteiger partial charge >= 0.3 is 0 Å². The number of anilines is 1. The van der Waals surface area contributed by atoms with E-state index in [1.807, 2.05) is 25.1 Å². The van der Waals surface area contributed by atoms with E-state index in [0.29, 0.717) is 18.8 Å². The minimum Gasteiger partial charge on any atom is -0.464 e. The summed E-state index contributed by atoms with van der Waals surface area (Å²) in [5.74, 6) is -0.127. The molecule has 1 aromatic heterocycles. The normalized spacial score (nSPS) is 10.7. The number of rotatable bonds is 7. The van der Waals surface area contributed by atoms with Gasteiger partial charge in [-0.3, -0.25) is 14.9 Å². The van der Waals surface area contributed by atoms with E-state index in [2.05, 4.69) is 10.6 Å². The minimum atomic E-state index is -0.438. The van der Waals surface area contributed by atoms with E-state index in [9.17, 15) is 14.9 Å². The number of nitrogens with zero attached hydrogens (tertiary/aromatic N) is 1. The van der Waals surface area contributed by atoms with E-state index in [1.54, 1.807) is 24.5 Å². The minimum absolute atomic E-state index is 0.0130. The molecule has 7 heteroatoms. The van der Waals surface area contributed by atoms with E-state index >= 15 is 0 Å². The number of aryl methyl sites for hydroxylation is 1. The molecule has 0 saturated heterocycles. The predicted molar refractivity (Wildman–Crippen MR) is 99.3 cm³/mol. The fourth-order valence-electron chi connectivity index (χ4n) is 2.74. The summed E-state index contributed by atoms with van der Waals surface area (Å²) in [5.41, 5.74) is 3.15. The van der Waals surface area contributed by atoms with Gasteiger partial charge in [-0.25, -0.2) is 0 Å². The Hall–Kier alpha value is -3.35. The van der Waals surface area contributed by atoms with Crippen LogP contribution in [0.4, 0.5) is 11.4 Å². The summed E-state index contributed by atoms with van der Waals surface area (Å²) in [7, 11) is 0. The summed E-state index contributed by atoms with van der Waals surface area (Å²) in [6.07, 6.45) is 1.83. The fourth-order valence-corrected chi connectivity index (χ4v) is 2.74. The number of para-hydroxylation sites is 2. The van der Waals surface area contributed by atoms with Crippen molar-refractivity contribution in [2.45, 2.75) is 13.3 Å². The molecule has 0 aliphatic heterocycles. The largest absolute Gasteiger partial charge is 0.464 e. The summed E-state index contributed by atoms with van der Waals surface area (Å²) in [6.45, 7) is 2.74. The second-order valence-corrected chi connectivity index (χ2v) is 5.99. The maximum absolute atomic E-state index is 12.1. The summed E-state index contributed by atoms with van der Waals surface area (Å²) in [5, 5.41) is 17.7. The predicted octanol–water partition coefficient (Wildman–Crippen LogP) is 3.42. The standard InChI is InChI=1S/C19H19N3O4/c1-13-6-7-15-14(12-26-18(15)10-13)11-19(23)21-9-8-20-16-4-2-3-5-17(16)22(24)25/h2-7,10,12,20H,8-9,11H2,1H3,(H,21,23). The van der Waals surface area contributed by atoms with Crippen molar-refractivity contribution < 1.29 is 14.1 Å². The lowest BCUT2D eigenvalue weighted by Gasteiger charge is -2.08. The molecule has 3 aromatic rings. The number of amides is 1. The highest BCUT2D eigenvalue weighted by molar-refractivity contribution is 5.87. The van der Waals surface area contributed by atoms with Crippen LogP contribution in [0.3, 0.4) is 0 Å². The van der Waals surface area contributed by atoms with Crippen LogP contribution in [0.2, 0.25) is 0 Å². The van der Waals surface area contributed by atoms with Crippen LogP contribution < -0.4 is 10.6 Å². The number of nitro benzene ring substituents is 1. The Morgan fingerprint density at radius 2 is 2.00 bits per heavy atom. The molecule has 2 N–H and O–H groups in total. The maximum Gasteiger partial charge on any atom is 0.292 e. The average molecular weight is 353 g/mol. The van der Waals surface area contributed by atoms with Crippen molar-refractivity contribution in [2.24, 2.45) is 0 Å². The molecule has 0 saturated carbocycles. The van der Waals surface area contributed by atoms with Crippen LogP contribution in [0, 0.1) is 17.0 Å². The number of carbonyl (C=O) groups is 1. The molecule has 0 unspecified atom stereocenters. The highest BCUT2D eigenvalue weighted by Gasteiger charge is 2.12. The number of nitro groups is 1. The number of hydrogen-bond acceptors (Lipinski definition) is 5. The first kappa shape index (κ1) is 17.5. The molecule has 1 heterocycles. The zero-order valence-corrected chi connectivity index (χ0v) is 14.3. The molecule has 134 valence electrons. The molecular weight excluding hydrogens is 334 g/mol. The maximum atomic E-state index is 12.1. The molecule has 0 radical (unpaired) electrons. The van der Waals surface area contributed by atoms with Crippen molar-refractivity contribution in [3.8, 4) is 0 Å². The van der Waals surface area contributed by atoms with Crippen LogP contribution in [-0.4, -0.2) is 23.9 Å². The van der Waals surface area contributed by atoms with Gasteiger partial charge in [0, 0.05) is 30.1 Å². The van der Waals surface area contributed by atoms with Crippen molar-refractivity contribution in [1.82, 2.24) is 5.32 Å². The number of hydrogen-bond donors (Lipinski definition) is 2. The number of benzene rings is 2. The summed E-state index contributed by atoms with van der Waals surface area (Å²) in [6, 6.07) is 12.3. The number of nitrogens with one attached hydrogen (secondary N) is 2. The van der Waals surface area contributed by atoms with Crippen molar-refractivity contribution in [3.05, 3.63) is 70.0 Å². The second-order valence-electron chi connectivity index (χ2n) is 5.99. The first-order valence-electron chi connectivity index (χ1n) is 8.25. The zero-order chi connectivity index (χ0) is 18.5. The summed E-state index contributed by atoms with van der Waals surface area (Å²) >= 11 is 0. The SMILES string of the molecule is Cc1ccc2c(CC(=O)NCCNc3ccccc3[N+](=O)[O-])coc2c1. The molecule has 0 fully saturated rings. The van der Waals surface area contributed by atoms with Crippen molar-refractivity contribution in [1.29, 1.82) is 0 Å². The van der Waals surface area contributed by atoms with Gasteiger partial charge in [-0.1, -0.05) is 24.3 Å². The van der Waals surface area contributed by atoms with E-state index in [0.717, 1.165) is 22.1 Å². The Balaban J connectivity index is 1.51. The molecule has 3 rings (SSSR count). The van der Waals surface area contributed by atoms with Crippen molar-refractivity contribution in [2.75, 3.05) is 18.4 Å². The fraction of sp³-hybridized carbons (Fsp3) is 0.211. The number of carbonyl (C=O) groups excluding carboxylic acids is 1. The van der Waals surface area contributed by atoms with Crippen LogP contribution in [0.15, 0.2) is 53.1 Å². The lowest BCUT2D eigenvalue weighted by Crippen LogP contribution is -2.30. The molecule has 0 bridgehead atoms. The van der Waals surface area contributed by atoms with E-state index in [1.165, 1.54) is 6.07 Å². The zero-order valence-electron chi connectivity index (χ0n) is 14.3. The third-order valence-electron chi connectivity index (χ3n) is 4.03. The van der Waals surface area contributed by atoms with Gasteiger partial charge < -0.3 is 15.1 Å². The molecular formula is C19H19N3O4. The highest BCUT2D eigenvalue weighted by atomic mass is 16.6. The first-order chi connectivity index (χ1) is 12.5. The lowest BCUT2D eigenvalue weighted by molar-refractivity contribution is -0.384. The first-order valence-corrected chi connectivity index (χ1v) is 8.25. The number of fused-ring (bicyclic) bond motifs is 1. The Morgan fingerprint density at radius 3 is 2.81 bits per heavy atom. The molecule has 0 atom stereocenters. The molecule has 0 aliphatic rings. The van der Waals surface area contributed by atoms with Crippen LogP contribution in [0.1, 0.15) is 11.1 Å². The van der Waals surface area contributed by atoms with Crippen molar-refractivity contribution in [3.63, 3.8) is 0 Å². The van der Waals surface area contributed by atoms with E-state index in [4.69, 9.17) is 4.42 Å². The number of furan rings is 1. The summed E-state index contributed by atoms with van der Waals surface area (Å²) in [4.78, 5) is 22.6.